The summed E-state index contributed by atoms with van der Waals surface area (Å²) in [5.41, 5.74) is 7.61. The summed E-state index contributed by atoms with van der Waals surface area (Å²) in [6.07, 6.45) is 0. The molecule has 2 aromatic rings. The molecule has 0 heterocycles. The highest BCUT2D eigenvalue weighted by atomic mass is 79.9. The molecule has 0 bridgehead atoms. The van der Waals surface area contributed by atoms with Gasteiger partial charge in [0, 0.05) is 5.69 Å². The van der Waals surface area contributed by atoms with E-state index in [9.17, 15) is 4.79 Å². The van der Waals surface area contributed by atoms with Gasteiger partial charge in [-0.25, -0.2) is 4.79 Å². The largest absolute Gasteiger partial charge is 0.457 e. The smallest absolute Gasteiger partial charge is 0.339 e. The van der Waals surface area contributed by atoms with Gasteiger partial charge in [-0.2, -0.15) is 0 Å². The quantitative estimate of drug-likeness (QED) is 0.698. The molecule has 2 rings (SSSR count). The Morgan fingerprint density at radius 3 is 2.56 bits per heavy atom. The molecule has 0 saturated carbocycles. The predicted molar refractivity (Wildman–Crippen MR) is 74.1 cm³/mol. The second-order valence-corrected chi connectivity index (χ2v) is 4.56. The zero-order valence-corrected chi connectivity index (χ0v) is 11.2. The lowest BCUT2D eigenvalue weighted by Gasteiger charge is -2.07. The van der Waals surface area contributed by atoms with Crippen LogP contribution in [0.4, 0.5) is 5.69 Å². The first kappa shape index (κ1) is 12.6. The number of nitrogen functional groups attached to an aromatic ring is 1. The van der Waals surface area contributed by atoms with Crippen LogP contribution in [0.25, 0.3) is 0 Å². The molecule has 0 atom stereocenters. The molecule has 0 aromatic heterocycles. The Hall–Kier alpha value is -1.81. The second-order valence-electron chi connectivity index (χ2n) is 3.77. The highest BCUT2D eigenvalue weighted by molar-refractivity contribution is 9.10. The van der Waals surface area contributed by atoms with Crippen LogP contribution in [0.5, 0.6) is 0 Å². The maximum Gasteiger partial charge on any atom is 0.339 e. The average Bonchev–Trinajstić information content (AvgIpc) is 2.40. The monoisotopic (exact) mass is 305 g/mol. The number of ether oxygens (including phenoxy) is 1. The normalized spacial score (nSPS) is 10.1. The summed E-state index contributed by atoms with van der Waals surface area (Å²) in [5.74, 6) is -0.391. The lowest BCUT2D eigenvalue weighted by molar-refractivity contribution is 0.0471. The van der Waals surface area contributed by atoms with E-state index in [2.05, 4.69) is 15.9 Å². The van der Waals surface area contributed by atoms with Crippen LogP contribution < -0.4 is 5.73 Å². The Morgan fingerprint density at radius 1 is 1.11 bits per heavy atom. The van der Waals surface area contributed by atoms with Gasteiger partial charge < -0.3 is 10.5 Å². The Labute approximate surface area is 114 Å². The van der Waals surface area contributed by atoms with Gasteiger partial charge in [0.1, 0.15) is 6.61 Å². The lowest BCUT2D eigenvalue weighted by atomic mass is 10.2. The number of hydrogen-bond acceptors (Lipinski definition) is 3. The molecule has 0 saturated heterocycles. The van der Waals surface area contributed by atoms with E-state index in [0.29, 0.717) is 15.7 Å². The molecule has 4 heteroatoms. The zero-order valence-electron chi connectivity index (χ0n) is 9.60. The van der Waals surface area contributed by atoms with Crippen LogP contribution in [-0.2, 0) is 11.3 Å². The molecule has 0 unspecified atom stereocenters. The van der Waals surface area contributed by atoms with Gasteiger partial charge in [0.15, 0.2) is 0 Å². The standard InChI is InChI=1S/C14H12BrNO2/c15-13-11(7-4-8-12(13)16)14(17)18-9-10-5-2-1-3-6-10/h1-8H,9,16H2. The minimum atomic E-state index is -0.391. The highest BCUT2D eigenvalue weighted by Gasteiger charge is 2.12. The van der Waals surface area contributed by atoms with Gasteiger partial charge in [-0.05, 0) is 33.6 Å². The summed E-state index contributed by atoms with van der Waals surface area (Å²) >= 11 is 3.28. The molecule has 0 amide bonds. The van der Waals surface area contributed by atoms with Gasteiger partial charge in [-0.1, -0.05) is 36.4 Å². The van der Waals surface area contributed by atoms with Crippen LogP contribution in [0.2, 0.25) is 0 Å². The molecule has 0 fully saturated rings. The van der Waals surface area contributed by atoms with Gasteiger partial charge in [0.05, 0.1) is 10.0 Å². The van der Waals surface area contributed by atoms with Crippen molar-refractivity contribution in [2.24, 2.45) is 0 Å². The first-order chi connectivity index (χ1) is 8.68. The molecule has 2 aromatic carbocycles. The summed E-state index contributed by atoms with van der Waals surface area (Å²) in [5, 5.41) is 0. The van der Waals surface area contributed by atoms with Crippen LogP contribution in [0.15, 0.2) is 53.0 Å². The van der Waals surface area contributed by atoms with Gasteiger partial charge >= 0.3 is 5.97 Å². The SMILES string of the molecule is Nc1cccc(C(=O)OCc2ccccc2)c1Br. The number of hydrogen-bond donors (Lipinski definition) is 1. The summed E-state index contributed by atoms with van der Waals surface area (Å²) in [7, 11) is 0. The number of anilines is 1. The van der Waals surface area contributed by atoms with Crippen molar-refractivity contribution in [2.45, 2.75) is 6.61 Å². The fourth-order valence-corrected chi connectivity index (χ4v) is 1.93. The van der Waals surface area contributed by atoms with Crippen molar-refractivity contribution in [3.05, 3.63) is 64.1 Å². The number of nitrogens with two attached hydrogens (primary N) is 1. The van der Waals surface area contributed by atoms with Crippen molar-refractivity contribution in [2.75, 3.05) is 5.73 Å². The van der Waals surface area contributed by atoms with Crippen molar-refractivity contribution < 1.29 is 9.53 Å². The molecule has 92 valence electrons. The van der Waals surface area contributed by atoms with Crippen LogP contribution in [0, 0.1) is 0 Å². The van der Waals surface area contributed by atoms with E-state index in [0.717, 1.165) is 5.56 Å². The number of rotatable bonds is 3. The Bertz CT molecular complexity index is 555. The third-order valence-corrected chi connectivity index (χ3v) is 3.35. The van der Waals surface area contributed by atoms with E-state index in [1.807, 2.05) is 30.3 Å². The molecule has 18 heavy (non-hydrogen) atoms. The van der Waals surface area contributed by atoms with Gasteiger partial charge in [-0.15, -0.1) is 0 Å². The van der Waals surface area contributed by atoms with Crippen LogP contribution in [0.3, 0.4) is 0 Å². The Kier molecular flexibility index (Phi) is 3.99. The zero-order chi connectivity index (χ0) is 13.0. The molecule has 0 radical (unpaired) electrons. The van der Waals surface area contributed by atoms with E-state index < -0.39 is 5.97 Å². The van der Waals surface area contributed by atoms with Gasteiger partial charge in [0.25, 0.3) is 0 Å². The number of carbonyl (C=O) groups is 1. The first-order valence-electron chi connectivity index (χ1n) is 5.43. The van der Waals surface area contributed by atoms with E-state index in [4.69, 9.17) is 10.5 Å². The molecule has 0 aliphatic rings. The topological polar surface area (TPSA) is 52.3 Å². The fourth-order valence-electron chi connectivity index (χ4n) is 1.51. The molecule has 2 N–H and O–H groups in total. The van der Waals surface area contributed by atoms with Crippen molar-refractivity contribution in [1.82, 2.24) is 0 Å². The van der Waals surface area contributed by atoms with Crippen LogP contribution in [0.1, 0.15) is 15.9 Å². The molecule has 0 spiro atoms. The minimum absolute atomic E-state index is 0.251. The van der Waals surface area contributed by atoms with Gasteiger partial charge in [-0.3, -0.25) is 0 Å². The number of halogens is 1. The summed E-state index contributed by atoms with van der Waals surface area (Å²) in [6.45, 7) is 0.251. The van der Waals surface area contributed by atoms with Gasteiger partial charge in [0.2, 0.25) is 0 Å². The second kappa shape index (κ2) is 5.69. The third kappa shape index (κ3) is 2.90. The van der Waals surface area contributed by atoms with Crippen molar-refractivity contribution in [1.29, 1.82) is 0 Å². The summed E-state index contributed by atoms with van der Waals surface area (Å²) in [6, 6.07) is 14.6. The number of esters is 1. The van der Waals surface area contributed by atoms with Crippen LogP contribution >= 0.6 is 15.9 Å². The Morgan fingerprint density at radius 2 is 1.83 bits per heavy atom. The Balaban J connectivity index is 2.07. The summed E-state index contributed by atoms with van der Waals surface area (Å²) < 4.78 is 5.80. The maximum atomic E-state index is 11.9. The molecule has 0 aliphatic carbocycles. The summed E-state index contributed by atoms with van der Waals surface area (Å²) in [4.78, 5) is 11.9. The highest BCUT2D eigenvalue weighted by Crippen LogP contribution is 2.24. The minimum Gasteiger partial charge on any atom is -0.457 e. The van der Waals surface area contributed by atoms with Crippen molar-refractivity contribution in [3.8, 4) is 0 Å². The van der Waals surface area contributed by atoms with E-state index >= 15 is 0 Å². The van der Waals surface area contributed by atoms with E-state index in [1.165, 1.54) is 0 Å². The number of carbonyl (C=O) groups excluding carboxylic acids is 1. The first-order valence-corrected chi connectivity index (χ1v) is 6.23. The third-order valence-electron chi connectivity index (χ3n) is 2.46. The fraction of sp³-hybridized carbons (Fsp3) is 0.0714. The average molecular weight is 306 g/mol. The van der Waals surface area contributed by atoms with E-state index in [-0.39, 0.29) is 6.61 Å². The van der Waals surface area contributed by atoms with E-state index in [1.54, 1.807) is 18.2 Å². The number of benzene rings is 2. The molecule has 3 nitrogen and oxygen atoms in total. The maximum absolute atomic E-state index is 11.9. The lowest BCUT2D eigenvalue weighted by Crippen LogP contribution is -2.07. The van der Waals surface area contributed by atoms with Crippen molar-refractivity contribution in [3.63, 3.8) is 0 Å². The van der Waals surface area contributed by atoms with Crippen LogP contribution in [-0.4, -0.2) is 5.97 Å². The molecule has 0 aliphatic heterocycles. The van der Waals surface area contributed by atoms with Crippen molar-refractivity contribution >= 4 is 27.6 Å². The molecular formula is C14H12BrNO2. The predicted octanol–water partition coefficient (Wildman–Crippen LogP) is 3.39. The molecular weight excluding hydrogens is 294 g/mol.